The third-order valence-corrected chi connectivity index (χ3v) is 2.64. The Labute approximate surface area is 99.4 Å². The first-order valence-electron chi connectivity index (χ1n) is 5.90. The van der Waals surface area contributed by atoms with Gasteiger partial charge in [-0.2, -0.15) is 0 Å². The van der Waals surface area contributed by atoms with Gasteiger partial charge in [-0.3, -0.25) is 4.79 Å². The second-order valence-electron chi connectivity index (χ2n) is 5.80. The van der Waals surface area contributed by atoms with Crippen LogP contribution in [-0.2, 0) is 4.79 Å². The Morgan fingerprint density at radius 3 is 2.25 bits per heavy atom. The quantitative estimate of drug-likeness (QED) is 0.707. The Morgan fingerprint density at radius 1 is 1.38 bits per heavy atom. The first kappa shape index (κ1) is 15.4. The molecule has 0 spiro atoms. The van der Waals surface area contributed by atoms with Crippen LogP contribution in [0.2, 0.25) is 0 Å². The number of carbonyl (C=O) groups excluding carboxylic acids is 1. The van der Waals surface area contributed by atoms with Crippen molar-refractivity contribution in [1.29, 1.82) is 0 Å². The van der Waals surface area contributed by atoms with E-state index in [4.69, 9.17) is 11.5 Å². The van der Waals surface area contributed by atoms with Crippen LogP contribution in [0.25, 0.3) is 0 Å². The minimum absolute atomic E-state index is 0.00947. The summed E-state index contributed by atoms with van der Waals surface area (Å²) in [5.41, 5.74) is 11.4. The van der Waals surface area contributed by atoms with Gasteiger partial charge >= 0.3 is 0 Å². The summed E-state index contributed by atoms with van der Waals surface area (Å²) in [6, 6.07) is -0.390. The van der Waals surface area contributed by atoms with E-state index in [1.165, 1.54) is 0 Å². The highest BCUT2D eigenvalue weighted by Crippen LogP contribution is 2.15. The van der Waals surface area contributed by atoms with Gasteiger partial charge in [-0.25, -0.2) is 0 Å². The van der Waals surface area contributed by atoms with Crippen molar-refractivity contribution in [2.45, 2.75) is 40.2 Å². The Hall–Kier alpha value is -0.610. The van der Waals surface area contributed by atoms with E-state index in [1.807, 2.05) is 13.8 Å². The van der Waals surface area contributed by atoms with Crippen LogP contribution < -0.4 is 11.5 Å². The molecule has 0 fully saturated rings. The van der Waals surface area contributed by atoms with E-state index >= 15 is 0 Å². The molecule has 4 heteroatoms. The zero-order valence-corrected chi connectivity index (χ0v) is 11.3. The summed E-state index contributed by atoms with van der Waals surface area (Å²) in [7, 11) is 1.79. The Balaban J connectivity index is 4.28. The van der Waals surface area contributed by atoms with Gasteiger partial charge in [-0.15, -0.1) is 0 Å². The third kappa shape index (κ3) is 5.47. The molecule has 4 nitrogen and oxygen atoms in total. The molecule has 0 heterocycles. The van der Waals surface area contributed by atoms with Crippen LogP contribution >= 0.6 is 0 Å². The number of carbonyl (C=O) groups is 1. The molecule has 0 bridgehead atoms. The number of nitrogens with zero attached hydrogens (tertiary/aromatic N) is 1. The SMILES string of the molecule is CC(C)C[C@H](N)C(=O)N(C)CC(C)(C)CN. The highest BCUT2D eigenvalue weighted by atomic mass is 16.2. The summed E-state index contributed by atoms with van der Waals surface area (Å²) in [6.07, 6.45) is 0.728. The molecule has 0 unspecified atom stereocenters. The molecule has 0 aromatic heterocycles. The van der Waals surface area contributed by atoms with Gasteiger partial charge in [0.1, 0.15) is 0 Å². The van der Waals surface area contributed by atoms with Crippen molar-refractivity contribution in [3.8, 4) is 0 Å². The maximum atomic E-state index is 11.9. The first-order chi connectivity index (χ1) is 7.19. The Kier molecular flexibility index (Phi) is 5.97. The van der Waals surface area contributed by atoms with E-state index in [-0.39, 0.29) is 11.3 Å². The lowest BCUT2D eigenvalue weighted by atomic mass is 9.93. The van der Waals surface area contributed by atoms with Gasteiger partial charge in [0.05, 0.1) is 6.04 Å². The molecule has 0 aromatic carbocycles. The summed E-state index contributed by atoms with van der Waals surface area (Å²) < 4.78 is 0. The average Bonchev–Trinajstić information content (AvgIpc) is 2.14. The maximum absolute atomic E-state index is 11.9. The summed E-state index contributed by atoms with van der Waals surface area (Å²) in [5, 5.41) is 0. The van der Waals surface area contributed by atoms with Crippen molar-refractivity contribution in [2.75, 3.05) is 20.1 Å². The fraction of sp³-hybridized carbons (Fsp3) is 0.917. The van der Waals surface area contributed by atoms with Crippen LogP contribution in [0.3, 0.4) is 0 Å². The maximum Gasteiger partial charge on any atom is 0.239 e. The van der Waals surface area contributed by atoms with Crippen molar-refractivity contribution in [3.63, 3.8) is 0 Å². The smallest absolute Gasteiger partial charge is 0.239 e. The van der Waals surface area contributed by atoms with E-state index < -0.39 is 6.04 Å². The number of hydrogen-bond donors (Lipinski definition) is 2. The largest absolute Gasteiger partial charge is 0.344 e. The Bertz CT molecular complexity index is 226. The molecule has 0 aliphatic heterocycles. The van der Waals surface area contributed by atoms with Crippen molar-refractivity contribution in [2.24, 2.45) is 22.8 Å². The van der Waals surface area contributed by atoms with E-state index in [0.717, 1.165) is 6.42 Å². The van der Waals surface area contributed by atoms with E-state index in [9.17, 15) is 4.79 Å². The molecule has 1 atom stereocenters. The van der Waals surface area contributed by atoms with Crippen LogP contribution in [0.5, 0.6) is 0 Å². The third-order valence-electron chi connectivity index (χ3n) is 2.64. The summed E-state index contributed by atoms with van der Waals surface area (Å²) >= 11 is 0. The number of hydrogen-bond acceptors (Lipinski definition) is 3. The highest BCUT2D eigenvalue weighted by Gasteiger charge is 2.24. The molecule has 96 valence electrons. The standard InChI is InChI=1S/C12H27N3O/c1-9(2)6-10(14)11(16)15(5)8-12(3,4)7-13/h9-10H,6-8,13-14H2,1-5H3/t10-/m0/s1. The lowest BCUT2D eigenvalue weighted by Gasteiger charge is -2.30. The molecule has 0 aliphatic rings. The van der Waals surface area contributed by atoms with Gasteiger partial charge in [-0.1, -0.05) is 27.7 Å². The lowest BCUT2D eigenvalue weighted by Crippen LogP contribution is -2.47. The predicted molar refractivity (Wildman–Crippen MR) is 67.9 cm³/mol. The highest BCUT2D eigenvalue weighted by molar-refractivity contribution is 5.81. The number of rotatable bonds is 6. The van der Waals surface area contributed by atoms with Crippen molar-refractivity contribution < 1.29 is 4.79 Å². The molecule has 1 amide bonds. The minimum atomic E-state index is -0.390. The van der Waals surface area contributed by atoms with Crippen LogP contribution in [0, 0.1) is 11.3 Å². The molecule has 16 heavy (non-hydrogen) atoms. The molecule has 0 aliphatic carbocycles. The number of nitrogens with two attached hydrogens (primary N) is 2. The fourth-order valence-corrected chi connectivity index (χ4v) is 1.68. The van der Waals surface area contributed by atoms with Crippen LogP contribution in [0.15, 0.2) is 0 Å². The van der Waals surface area contributed by atoms with Gasteiger partial charge in [-0.05, 0) is 24.3 Å². The average molecular weight is 229 g/mol. The van der Waals surface area contributed by atoms with Crippen LogP contribution in [0.1, 0.15) is 34.1 Å². The lowest BCUT2D eigenvalue weighted by molar-refractivity contribution is -0.132. The van der Waals surface area contributed by atoms with E-state index in [0.29, 0.717) is 19.0 Å². The van der Waals surface area contributed by atoms with E-state index in [1.54, 1.807) is 11.9 Å². The zero-order chi connectivity index (χ0) is 12.9. The monoisotopic (exact) mass is 229 g/mol. The predicted octanol–water partition coefficient (Wildman–Crippen LogP) is 0.803. The summed E-state index contributed by atoms with van der Waals surface area (Å²) in [4.78, 5) is 13.6. The summed E-state index contributed by atoms with van der Waals surface area (Å²) in [6.45, 7) is 9.43. The molecule has 0 saturated carbocycles. The molecule has 0 saturated heterocycles. The van der Waals surface area contributed by atoms with Gasteiger partial charge in [0.2, 0.25) is 5.91 Å². The van der Waals surface area contributed by atoms with Gasteiger partial charge in [0, 0.05) is 13.6 Å². The normalized spacial score (nSPS) is 14.0. The van der Waals surface area contributed by atoms with Crippen molar-refractivity contribution in [1.82, 2.24) is 4.90 Å². The number of likely N-dealkylation sites (N-methyl/N-ethyl adjacent to an activating group) is 1. The molecule has 0 radical (unpaired) electrons. The van der Waals surface area contributed by atoms with Gasteiger partial charge < -0.3 is 16.4 Å². The second kappa shape index (κ2) is 6.21. The van der Waals surface area contributed by atoms with Gasteiger partial charge in [0.25, 0.3) is 0 Å². The van der Waals surface area contributed by atoms with E-state index in [2.05, 4.69) is 13.8 Å². The molecule has 0 rings (SSSR count). The molecular weight excluding hydrogens is 202 g/mol. The molecule has 4 N–H and O–H groups in total. The fourth-order valence-electron chi connectivity index (χ4n) is 1.68. The zero-order valence-electron chi connectivity index (χ0n) is 11.3. The number of amides is 1. The van der Waals surface area contributed by atoms with Gasteiger partial charge in [0.15, 0.2) is 0 Å². The minimum Gasteiger partial charge on any atom is -0.344 e. The van der Waals surface area contributed by atoms with Crippen LogP contribution in [-0.4, -0.2) is 37.0 Å². The topological polar surface area (TPSA) is 72.4 Å². The molecule has 0 aromatic rings. The Morgan fingerprint density at radius 2 is 1.88 bits per heavy atom. The molecular formula is C12H27N3O. The second-order valence-corrected chi connectivity index (χ2v) is 5.80. The first-order valence-corrected chi connectivity index (χ1v) is 5.90. The summed E-state index contributed by atoms with van der Waals surface area (Å²) in [5.74, 6) is 0.449. The van der Waals surface area contributed by atoms with Crippen molar-refractivity contribution >= 4 is 5.91 Å². The van der Waals surface area contributed by atoms with Crippen LogP contribution in [0.4, 0.5) is 0 Å². The van der Waals surface area contributed by atoms with Crippen molar-refractivity contribution in [3.05, 3.63) is 0 Å².